The molecule has 1 saturated heterocycles. The van der Waals surface area contributed by atoms with Gasteiger partial charge in [0.05, 0.1) is 0 Å². The first-order valence-electron chi connectivity index (χ1n) is 5.84. The van der Waals surface area contributed by atoms with Crippen LogP contribution in [0.25, 0.3) is 0 Å². The van der Waals surface area contributed by atoms with Crippen molar-refractivity contribution in [2.24, 2.45) is 0 Å². The quantitative estimate of drug-likeness (QED) is 0.769. The van der Waals surface area contributed by atoms with E-state index < -0.39 is 0 Å². The van der Waals surface area contributed by atoms with Gasteiger partial charge >= 0.3 is 0 Å². The molecule has 1 amide bonds. The molecule has 1 atom stereocenters. The predicted octanol–water partition coefficient (Wildman–Crippen LogP) is 2.59. The van der Waals surface area contributed by atoms with E-state index in [1.54, 1.807) is 0 Å². The number of hydrogen-bond donors (Lipinski definition) is 1. The Labute approximate surface area is 97.1 Å². The molecule has 16 heavy (non-hydrogen) atoms. The summed E-state index contributed by atoms with van der Waals surface area (Å²) < 4.78 is 0. The van der Waals surface area contributed by atoms with Crippen molar-refractivity contribution < 1.29 is 4.79 Å². The van der Waals surface area contributed by atoms with Gasteiger partial charge < -0.3 is 5.32 Å². The third-order valence-electron chi connectivity index (χ3n) is 3.19. The Hall–Kier alpha value is -1.31. The Bertz CT molecular complexity index is 403. The third kappa shape index (κ3) is 2.11. The van der Waals surface area contributed by atoms with Gasteiger partial charge in [0.25, 0.3) is 0 Å². The Morgan fingerprint density at radius 2 is 1.94 bits per heavy atom. The van der Waals surface area contributed by atoms with Gasteiger partial charge in [-0.2, -0.15) is 0 Å². The fourth-order valence-corrected chi connectivity index (χ4v) is 2.36. The minimum absolute atomic E-state index is 0.141. The zero-order chi connectivity index (χ0) is 11.8. The summed E-state index contributed by atoms with van der Waals surface area (Å²) in [5.74, 6) is 0.525. The van der Waals surface area contributed by atoms with E-state index in [0.717, 1.165) is 6.54 Å². The van der Waals surface area contributed by atoms with Crippen LogP contribution < -0.4 is 5.32 Å². The SMILES string of the molecule is CC(C)(C)c1ccccc1C1CNC(=O)C1. The normalized spacial score (nSPS) is 20.9. The minimum atomic E-state index is 0.141. The van der Waals surface area contributed by atoms with Gasteiger partial charge in [0.15, 0.2) is 0 Å². The molecule has 0 spiro atoms. The number of nitrogens with one attached hydrogen (secondary N) is 1. The van der Waals surface area contributed by atoms with Crippen molar-refractivity contribution in [2.75, 3.05) is 6.54 Å². The number of amides is 1. The van der Waals surface area contributed by atoms with E-state index in [-0.39, 0.29) is 11.3 Å². The summed E-state index contributed by atoms with van der Waals surface area (Å²) >= 11 is 0. The number of hydrogen-bond acceptors (Lipinski definition) is 1. The average Bonchev–Trinajstić information content (AvgIpc) is 2.64. The predicted molar refractivity (Wildman–Crippen MR) is 65.5 cm³/mol. The highest BCUT2D eigenvalue weighted by molar-refractivity contribution is 5.79. The van der Waals surface area contributed by atoms with E-state index in [2.05, 4.69) is 50.4 Å². The number of benzene rings is 1. The highest BCUT2D eigenvalue weighted by atomic mass is 16.1. The van der Waals surface area contributed by atoms with E-state index in [1.807, 2.05) is 0 Å². The topological polar surface area (TPSA) is 29.1 Å². The molecule has 2 heteroatoms. The highest BCUT2D eigenvalue weighted by Crippen LogP contribution is 2.33. The van der Waals surface area contributed by atoms with Crippen LogP contribution in [-0.4, -0.2) is 12.5 Å². The first-order chi connectivity index (χ1) is 7.48. The molecule has 1 heterocycles. The van der Waals surface area contributed by atoms with Crippen molar-refractivity contribution in [1.29, 1.82) is 0 Å². The monoisotopic (exact) mass is 217 g/mol. The standard InChI is InChI=1S/C14H19NO/c1-14(2,3)12-7-5-4-6-11(12)10-8-13(16)15-9-10/h4-7,10H,8-9H2,1-3H3,(H,15,16). The van der Waals surface area contributed by atoms with Crippen molar-refractivity contribution >= 4 is 5.91 Å². The fourth-order valence-electron chi connectivity index (χ4n) is 2.36. The second kappa shape index (κ2) is 3.93. The van der Waals surface area contributed by atoms with Gasteiger partial charge in [0, 0.05) is 18.9 Å². The van der Waals surface area contributed by atoms with Crippen LogP contribution in [0.4, 0.5) is 0 Å². The van der Waals surface area contributed by atoms with Crippen LogP contribution in [0.3, 0.4) is 0 Å². The van der Waals surface area contributed by atoms with Gasteiger partial charge in [-0.25, -0.2) is 0 Å². The molecular weight excluding hydrogens is 198 g/mol. The van der Waals surface area contributed by atoms with Crippen LogP contribution in [0, 0.1) is 0 Å². The molecule has 1 aliphatic heterocycles. The molecule has 2 nitrogen and oxygen atoms in total. The molecule has 86 valence electrons. The van der Waals surface area contributed by atoms with Crippen molar-refractivity contribution in [1.82, 2.24) is 5.32 Å². The summed E-state index contributed by atoms with van der Waals surface area (Å²) in [5, 5.41) is 2.91. The number of carbonyl (C=O) groups excluding carboxylic acids is 1. The Kier molecular flexibility index (Phi) is 2.75. The molecule has 1 aromatic carbocycles. The lowest BCUT2D eigenvalue weighted by Crippen LogP contribution is -2.17. The van der Waals surface area contributed by atoms with Crippen molar-refractivity contribution in [2.45, 2.75) is 38.5 Å². The Morgan fingerprint density at radius 3 is 2.50 bits per heavy atom. The summed E-state index contributed by atoms with van der Waals surface area (Å²) in [4.78, 5) is 11.3. The van der Waals surface area contributed by atoms with Crippen LogP contribution in [0.1, 0.15) is 44.2 Å². The lowest BCUT2D eigenvalue weighted by atomic mass is 9.80. The Balaban J connectivity index is 2.37. The molecule has 0 radical (unpaired) electrons. The van der Waals surface area contributed by atoms with E-state index in [0.29, 0.717) is 12.3 Å². The van der Waals surface area contributed by atoms with E-state index in [1.165, 1.54) is 11.1 Å². The summed E-state index contributed by atoms with van der Waals surface area (Å²) in [6, 6.07) is 8.48. The Morgan fingerprint density at radius 1 is 1.25 bits per heavy atom. The molecule has 0 bridgehead atoms. The molecule has 2 rings (SSSR count). The first-order valence-corrected chi connectivity index (χ1v) is 5.84. The zero-order valence-electron chi connectivity index (χ0n) is 10.2. The molecule has 1 N–H and O–H groups in total. The van der Waals surface area contributed by atoms with Gasteiger partial charge in [-0.3, -0.25) is 4.79 Å². The number of carbonyl (C=O) groups is 1. The molecule has 1 aromatic rings. The molecule has 1 unspecified atom stereocenters. The largest absolute Gasteiger partial charge is 0.355 e. The second-order valence-electron chi connectivity index (χ2n) is 5.54. The average molecular weight is 217 g/mol. The van der Waals surface area contributed by atoms with Crippen molar-refractivity contribution in [3.8, 4) is 0 Å². The van der Waals surface area contributed by atoms with Crippen LogP contribution in [0.5, 0.6) is 0 Å². The van der Waals surface area contributed by atoms with Gasteiger partial charge in [-0.05, 0) is 16.5 Å². The van der Waals surface area contributed by atoms with Crippen LogP contribution in [0.2, 0.25) is 0 Å². The molecule has 1 fully saturated rings. The first kappa shape index (κ1) is 11.2. The molecule has 1 aliphatic rings. The lowest BCUT2D eigenvalue weighted by molar-refractivity contribution is -0.119. The highest BCUT2D eigenvalue weighted by Gasteiger charge is 2.27. The van der Waals surface area contributed by atoms with Gasteiger partial charge in [0.2, 0.25) is 5.91 Å². The number of rotatable bonds is 1. The molecular formula is C14H19NO. The molecule has 0 aliphatic carbocycles. The van der Waals surface area contributed by atoms with E-state index in [9.17, 15) is 4.79 Å². The van der Waals surface area contributed by atoms with Crippen LogP contribution in [-0.2, 0) is 10.2 Å². The van der Waals surface area contributed by atoms with E-state index >= 15 is 0 Å². The fraction of sp³-hybridized carbons (Fsp3) is 0.500. The van der Waals surface area contributed by atoms with Crippen LogP contribution >= 0.6 is 0 Å². The summed E-state index contributed by atoms with van der Waals surface area (Å²) in [7, 11) is 0. The van der Waals surface area contributed by atoms with Gasteiger partial charge in [0.1, 0.15) is 0 Å². The minimum Gasteiger partial charge on any atom is -0.355 e. The maximum absolute atomic E-state index is 11.3. The molecule has 0 saturated carbocycles. The zero-order valence-corrected chi connectivity index (χ0v) is 10.2. The van der Waals surface area contributed by atoms with Crippen molar-refractivity contribution in [3.63, 3.8) is 0 Å². The molecule has 0 aromatic heterocycles. The van der Waals surface area contributed by atoms with Gasteiger partial charge in [-0.1, -0.05) is 45.0 Å². The van der Waals surface area contributed by atoms with Crippen LogP contribution in [0.15, 0.2) is 24.3 Å². The van der Waals surface area contributed by atoms with E-state index in [4.69, 9.17) is 0 Å². The second-order valence-corrected chi connectivity index (χ2v) is 5.54. The smallest absolute Gasteiger partial charge is 0.220 e. The summed E-state index contributed by atoms with van der Waals surface area (Å²) in [6.45, 7) is 7.44. The van der Waals surface area contributed by atoms with Crippen molar-refractivity contribution in [3.05, 3.63) is 35.4 Å². The van der Waals surface area contributed by atoms with Gasteiger partial charge in [-0.15, -0.1) is 0 Å². The third-order valence-corrected chi connectivity index (χ3v) is 3.19. The maximum atomic E-state index is 11.3. The maximum Gasteiger partial charge on any atom is 0.220 e. The summed E-state index contributed by atoms with van der Waals surface area (Å²) in [5.41, 5.74) is 2.83. The summed E-state index contributed by atoms with van der Waals surface area (Å²) in [6.07, 6.45) is 0.632. The lowest BCUT2D eigenvalue weighted by Gasteiger charge is -2.25.